The molecule has 0 N–H and O–H groups in total. The molecule has 0 radical (unpaired) electrons. The van der Waals surface area contributed by atoms with Gasteiger partial charge in [0.15, 0.2) is 0 Å². The third-order valence-corrected chi connectivity index (χ3v) is 10.3. The van der Waals surface area contributed by atoms with E-state index in [-0.39, 0.29) is 0 Å². The summed E-state index contributed by atoms with van der Waals surface area (Å²) < 4.78 is 2.41. The fourth-order valence-corrected chi connectivity index (χ4v) is 8.03. The molecule has 0 amide bonds. The number of para-hydroxylation sites is 3. The molecule has 0 bridgehead atoms. The van der Waals surface area contributed by atoms with Crippen molar-refractivity contribution in [3.63, 3.8) is 0 Å². The Morgan fingerprint density at radius 2 is 0.923 bits per heavy atom. The van der Waals surface area contributed by atoms with Crippen molar-refractivity contribution >= 4 is 60.4 Å². The Hall–Kier alpha value is -6.90. The van der Waals surface area contributed by atoms with E-state index in [2.05, 4.69) is 216 Å². The summed E-state index contributed by atoms with van der Waals surface area (Å²) in [5.41, 5.74) is 11.7. The van der Waals surface area contributed by atoms with E-state index in [1.54, 1.807) is 0 Å². The molecule has 0 saturated carbocycles. The lowest BCUT2D eigenvalue weighted by Crippen LogP contribution is -2.09. The summed E-state index contributed by atoms with van der Waals surface area (Å²) in [6.45, 7) is 0. The molecule has 0 aliphatic carbocycles. The number of fused-ring (bicyclic) bond motifs is 6. The molecule has 1 aromatic heterocycles. The molecule has 1 heterocycles. The first-order valence-electron chi connectivity index (χ1n) is 17.9. The smallest absolute Gasteiger partial charge is 0.0553 e. The van der Waals surface area contributed by atoms with Gasteiger partial charge in [0.05, 0.1) is 11.0 Å². The minimum atomic E-state index is 1.11. The highest BCUT2D eigenvalue weighted by molar-refractivity contribution is 6.24. The van der Waals surface area contributed by atoms with E-state index >= 15 is 0 Å². The summed E-state index contributed by atoms with van der Waals surface area (Å²) in [6.07, 6.45) is 0. The topological polar surface area (TPSA) is 8.17 Å². The Kier molecular flexibility index (Phi) is 7.18. The number of anilines is 3. The summed E-state index contributed by atoms with van der Waals surface area (Å²) in [6, 6.07) is 74.6. The van der Waals surface area contributed by atoms with Gasteiger partial charge in [-0.05, 0) is 104 Å². The normalized spacial score (nSPS) is 11.5. The fourth-order valence-electron chi connectivity index (χ4n) is 8.03. The molecule has 10 aromatic rings. The number of hydrogen-bond donors (Lipinski definition) is 0. The van der Waals surface area contributed by atoms with Crippen molar-refractivity contribution < 1.29 is 0 Å². The number of rotatable bonds is 6. The minimum Gasteiger partial charge on any atom is -0.310 e. The third-order valence-electron chi connectivity index (χ3n) is 10.3. The van der Waals surface area contributed by atoms with E-state index in [0.29, 0.717) is 0 Å². The molecule has 0 unspecified atom stereocenters. The largest absolute Gasteiger partial charge is 0.310 e. The van der Waals surface area contributed by atoms with Crippen molar-refractivity contribution in [2.75, 3.05) is 4.90 Å². The second-order valence-electron chi connectivity index (χ2n) is 13.3. The van der Waals surface area contributed by atoms with Crippen LogP contribution in [0.15, 0.2) is 206 Å². The summed E-state index contributed by atoms with van der Waals surface area (Å²) >= 11 is 0. The van der Waals surface area contributed by atoms with E-state index in [0.717, 1.165) is 22.7 Å². The molecular weight excluding hydrogens is 629 g/mol. The van der Waals surface area contributed by atoms with Gasteiger partial charge in [-0.15, -0.1) is 0 Å². The highest BCUT2D eigenvalue weighted by Crippen LogP contribution is 2.43. The van der Waals surface area contributed by atoms with Crippen LogP contribution in [0.5, 0.6) is 0 Å². The Morgan fingerprint density at radius 1 is 0.327 bits per heavy atom. The number of benzene rings is 9. The van der Waals surface area contributed by atoms with Crippen molar-refractivity contribution in [3.8, 4) is 27.9 Å². The zero-order chi connectivity index (χ0) is 34.4. The maximum Gasteiger partial charge on any atom is 0.0553 e. The summed E-state index contributed by atoms with van der Waals surface area (Å²) in [7, 11) is 0. The Balaban J connectivity index is 1.15. The van der Waals surface area contributed by atoms with Crippen LogP contribution in [0.4, 0.5) is 17.1 Å². The van der Waals surface area contributed by atoms with Gasteiger partial charge >= 0.3 is 0 Å². The first kappa shape index (κ1) is 30.0. The summed E-state index contributed by atoms with van der Waals surface area (Å²) in [5, 5.41) is 7.57. The first-order valence-corrected chi connectivity index (χ1v) is 17.9. The van der Waals surface area contributed by atoms with E-state index in [1.807, 2.05) is 0 Å². The lowest BCUT2D eigenvalue weighted by atomic mass is 9.94. The molecule has 244 valence electrons. The van der Waals surface area contributed by atoms with Crippen LogP contribution >= 0.6 is 0 Å². The average Bonchev–Trinajstić information content (AvgIpc) is 3.56. The van der Waals surface area contributed by atoms with Crippen molar-refractivity contribution in [3.05, 3.63) is 206 Å². The van der Waals surface area contributed by atoms with E-state index in [4.69, 9.17) is 0 Å². The Labute approximate surface area is 303 Å². The molecule has 0 aliphatic rings. The van der Waals surface area contributed by atoms with Gasteiger partial charge in [0.1, 0.15) is 0 Å². The fraction of sp³-hybridized carbons (Fsp3) is 0. The van der Waals surface area contributed by atoms with Gasteiger partial charge in [-0.1, -0.05) is 146 Å². The van der Waals surface area contributed by atoms with Gasteiger partial charge in [-0.3, -0.25) is 0 Å². The predicted octanol–water partition coefficient (Wildman–Crippen LogP) is 13.9. The van der Waals surface area contributed by atoms with Gasteiger partial charge < -0.3 is 9.47 Å². The second kappa shape index (κ2) is 12.5. The Bertz CT molecular complexity index is 2880. The molecule has 0 aliphatic heterocycles. The molecule has 9 aromatic carbocycles. The molecule has 52 heavy (non-hydrogen) atoms. The van der Waals surface area contributed by atoms with Gasteiger partial charge in [0.2, 0.25) is 0 Å². The quantitative estimate of drug-likeness (QED) is 0.172. The van der Waals surface area contributed by atoms with Crippen molar-refractivity contribution in [2.45, 2.75) is 0 Å². The SMILES string of the molecule is c1ccc(N(c2ccc(-c3cccc4ccccc34)cc2)c2cccc(-c3cc4c(c5ccccc35)c3ccccc3n4-c3ccccc3)c2)cc1. The lowest BCUT2D eigenvalue weighted by molar-refractivity contribution is 1.18. The van der Waals surface area contributed by atoms with E-state index in [1.165, 1.54) is 65.6 Å². The van der Waals surface area contributed by atoms with Gasteiger partial charge in [0, 0.05) is 33.5 Å². The number of aromatic nitrogens is 1. The summed E-state index contributed by atoms with van der Waals surface area (Å²) in [4.78, 5) is 2.36. The van der Waals surface area contributed by atoms with Crippen LogP contribution in [0.3, 0.4) is 0 Å². The molecule has 2 heteroatoms. The zero-order valence-electron chi connectivity index (χ0n) is 28.5. The van der Waals surface area contributed by atoms with Gasteiger partial charge in [-0.2, -0.15) is 0 Å². The monoisotopic (exact) mass is 662 g/mol. The van der Waals surface area contributed by atoms with Crippen LogP contribution < -0.4 is 4.90 Å². The van der Waals surface area contributed by atoms with E-state index in [9.17, 15) is 0 Å². The van der Waals surface area contributed by atoms with Crippen LogP contribution in [0.1, 0.15) is 0 Å². The van der Waals surface area contributed by atoms with Crippen LogP contribution in [0.25, 0.3) is 71.3 Å². The molecular formula is C50H34N2. The molecule has 0 atom stereocenters. The van der Waals surface area contributed by atoms with Crippen molar-refractivity contribution in [1.82, 2.24) is 4.57 Å². The number of hydrogen-bond acceptors (Lipinski definition) is 1. The minimum absolute atomic E-state index is 1.11. The van der Waals surface area contributed by atoms with E-state index < -0.39 is 0 Å². The second-order valence-corrected chi connectivity index (χ2v) is 13.3. The lowest BCUT2D eigenvalue weighted by Gasteiger charge is -2.26. The standard InChI is InChI=1S/C50H34N2/c1-3-18-38(19-4-1)51(40-31-29-36(30-32-40)43-27-14-16-35-15-7-8-23-42(35)43)41-22-13-17-37(33-41)47-34-49-50(45-25-10-9-24-44(45)47)46-26-11-12-28-48(46)52(49)39-20-5-2-6-21-39/h1-34H. The van der Waals surface area contributed by atoms with Crippen LogP contribution in [-0.4, -0.2) is 4.57 Å². The maximum atomic E-state index is 2.41. The number of nitrogens with zero attached hydrogens (tertiary/aromatic N) is 2. The average molecular weight is 663 g/mol. The molecule has 0 saturated heterocycles. The molecule has 0 fully saturated rings. The van der Waals surface area contributed by atoms with Crippen LogP contribution in [-0.2, 0) is 0 Å². The summed E-state index contributed by atoms with van der Waals surface area (Å²) in [5.74, 6) is 0. The molecule has 2 nitrogen and oxygen atoms in total. The highest BCUT2D eigenvalue weighted by atomic mass is 15.1. The van der Waals surface area contributed by atoms with Crippen molar-refractivity contribution in [1.29, 1.82) is 0 Å². The predicted molar refractivity (Wildman–Crippen MR) is 221 cm³/mol. The van der Waals surface area contributed by atoms with Crippen molar-refractivity contribution in [2.24, 2.45) is 0 Å². The Morgan fingerprint density at radius 3 is 1.73 bits per heavy atom. The molecule has 10 rings (SSSR count). The van der Waals surface area contributed by atoms with Gasteiger partial charge in [0.25, 0.3) is 0 Å². The molecule has 0 spiro atoms. The zero-order valence-corrected chi connectivity index (χ0v) is 28.5. The highest BCUT2D eigenvalue weighted by Gasteiger charge is 2.19. The third kappa shape index (κ3) is 4.96. The first-order chi connectivity index (χ1) is 25.8. The van der Waals surface area contributed by atoms with Gasteiger partial charge in [-0.25, -0.2) is 0 Å². The van der Waals surface area contributed by atoms with Crippen LogP contribution in [0.2, 0.25) is 0 Å². The maximum absolute atomic E-state index is 2.41. The van der Waals surface area contributed by atoms with Crippen LogP contribution in [0, 0.1) is 0 Å².